The van der Waals surface area contributed by atoms with Gasteiger partial charge in [-0.15, -0.1) is 0 Å². The Morgan fingerprint density at radius 2 is 1.64 bits per heavy atom. The molecule has 0 aliphatic carbocycles. The van der Waals surface area contributed by atoms with Crippen molar-refractivity contribution in [2.45, 2.75) is 32.1 Å². The van der Waals surface area contributed by atoms with Crippen LogP contribution in [0.5, 0.6) is 0 Å². The van der Waals surface area contributed by atoms with E-state index in [1.165, 1.54) is 43.6 Å². The number of piperidine rings is 1. The molecular weight excluding hydrogens is 194 g/mol. The molecule has 0 saturated carbocycles. The highest BCUT2D eigenvalue weighted by atomic mass is 32.2. The van der Waals surface area contributed by atoms with Crippen molar-refractivity contribution < 1.29 is 4.79 Å². The summed E-state index contributed by atoms with van der Waals surface area (Å²) in [5.74, 6) is 3.94. The number of rotatable bonds is 2. The van der Waals surface area contributed by atoms with Gasteiger partial charge >= 0.3 is 0 Å². The lowest BCUT2D eigenvalue weighted by Gasteiger charge is -2.25. The van der Waals surface area contributed by atoms with Crippen LogP contribution < -0.4 is 0 Å². The second-order valence-electron chi connectivity index (χ2n) is 4.31. The third-order valence-corrected chi connectivity index (χ3v) is 5.54. The van der Waals surface area contributed by atoms with Crippen LogP contribution in [0.2, 0.25) is 0 Å². The van der Waals surface area contributed by atoms with Gasteiger partial charge in [0, 0.05) is 13.1 Å². The molecule has 2 aliphatic heterocycles. The second kappa shape index (κ2) is 5.06. The molecule has 2 heterocycles. The van der Waals surface area contributed by atoms with Crippen LogP contribution in [0.4, 0.5) is 0 Å². The summed E-state index contributed by atoms with van der Waals surface area (Å²) in [4.78, 5) is 14.0. The molecule has 2 saturated heterocycles. The molecule has 0 radical (unpaired) electrons. The maximum atomic E-state index is 11.9. The molecule has 0 unspecified atom stereocenters. The Hall–Kier alpha value is -0.180. The van der Waals surface area contributed by atoms with E-state index in [1.54, 1.807) is 0 Å². The Morgan fingerprint density at radius 1 is 1.00 bits per heavy atom. The van der Waals surface area contributed by atoms with Crippen molar-refractivity contribution in [3.8, 4) is 0 Å². The van der Waals surface area contributed by atoms with Crippen LogP contribution in [0.15, 0.2) is 0 Å². The SMILES string of the molecule is O=C(C[S+]1CCCC1)N1CCCCC1. The van der Waals surface area contributed by atoms with Crippen LogP contribution in [0.3, 0.4) is 0 Å². The Kier molecular flexibility index (Phi) is 3.74. The first kappa shape index (κ1) is 10.3. The fourth-order valence-electron chi connectivity index (χ4n) is 2.27. The van der Waals surface area contributed by atoms with E-state index in [0.717, 1.165) is 18.8 Å². The lowest BCUT2D eigenvalue weighted by molar-refractivity contribution is -0.129. The van der Waals surface area contributed by atoms with Gasteiger partial charge in [0.1, 0.15) is 11.5 Å². The Balaban J connectivity index is 1.75. The van der Waals surface area contributed by atoms with E-state index in [2.05, 4.69) is 4.90 Å². The summed E-state index contributed by atoms with van der Waals surface area (Å²) in [5, 5.41) is 0. The third kappa shape index (κ3) is 2.66. The molecule has 1 amide bonds. The first-order chi connectivity index (χ1) is 6.86. The molecule has 2 rings (SSSR count). The molecule has 0 atom stereocenters. The highest BCUT2D eigenvalue weighted by molar-refractivity contribution is 7.97. The molecule has 0 aromatic heterocycles. The van der Waals surface area contributed by atoms with E-state index in [1.807, 2.05) is 0 Å². The zero-order valence-electron chi connectivity index (χ0n) is 8.83. The summed E-state index contributed by atoms with van der Waals surface area (Å²) in [7, 11) is 0.450. The quantitative estimate of drug-likeness (QED) is 0.637. The average Bonchev–Trinajstić information content (AvgIpc) is 2.72. The monoisotopic (exact) mass is 214 g/mol. The van der Waals surface area contributed by atoms with Gasteiger partial charge in [-0.05, 0) is 43.0 Å². The highest BCUT2D eigenvalue weighted by Crippen LogP contribution is 2.15. The van der Waals surface area contributed by atoms with Crippen molar-refractivity contribution in [3.05, 3.63) is 0 Å². The maximum Gasteiger partial charge on any atom is 0.272 e. The normalized spacial score (nSPS) is 24.1. The molecule has 2 aliphatic rings. The number of nitrogens with zero attached hydrogens (tertiary/aromatic N) is 1. The van der Waals surface area contributed by atoms with Crippen LogP contribution >= 0.6 is 0 Å². The van der Waals surface area contributed by atoms with Gasteiger partial charge in [0.2, 0.25) is 0 Å². The zero-order valence-corrected chi connectivity index (χ0v) is 9.65. The molecule has 0 N–H and O–H groups in total. The van der Waals surface area contributed by atoms with E-state index < -0.39 is 0 Å². The summed E-state index contributed by atoms with van der Waals surface area (Å²) in [6.07, 6.45) is 6.47. The third-order valence-electron chi connectivity index (χ3n) is 3.15. The summed E-state index contributed by atoms with van der Waals surface area (Å²) in [6, 6.07) is 0. The summed E-state index contributed by atoms with van der Waals surface area (Å²) in [5.41, 5.74) is 0. The molecule has 2 fully saturated rings. The number of carbonyl (C=O) groups is 1. The molecule has 0 bridgehead atoms. The van der Waals surface area contributed by atoms with Crippen LogP contribution in [0.1, 0.15) is 32.1 Å². The second-order valence-corrected chi connectivity index (χ2v) is 6.64. The van der Waals surface area contributed by atoms with Crippen LogP contribution in [-0.4, -0.2) is 41.2 Å². The Morgan fingerprint density at radius 3 is 2.29 bits per heavy atom. The summed E-state index contributed by atoms with van der Waals surface area (Å²) >= 11 is 0. The number of hydrogen-bond acceptors (Lipinski definition) is 1. The standard InChI is InChI=1S/C11H20NOS/c13-11(10-14-8-4-5-9-14)12-6-2-1-3-7-12/h1-10H2/q+1. The fourth-order valence-corrected chi connectivity index (χ4v) is 4.52. The maximum absolute atomic E-state index is 11.9. The average molecular weight is 214 g/mol. The molecular formula is C11H20NOS+. The minimum atomic E-state index is 0.440. The first-order valence-electron chi connectivity index (χ1n) is 5.78. The van der Waals surface area contributed by atoms with Crippen molar-refractivity contribution in [2.24, 2.45) is 0 Å². The van der Waals surface area contributed by atoms with Gasteiger partial charge in [-0.3, -0.25) is 4.79 Å². The Labute approximate surface area is 89.4 Å². The van der Waals surface area contributed by atoms with E-state index in [0.29, 0.717) is 16.8 Å². The lowest BCUT2D eigenvalue weighted by atomic mass is 10.1. The number of likely N-dealkylation sites (tertiary alicyclic amines) is 1. The van der Waals surface area contributed by atoms with Gasteiger partial charge in [0.05, 0.1) is 0 Å². The van der Waals surface area contributed by atoms with Gasteiger partial charge in [-0.1, -0.05) is 0 Å². The Bertz CT molecular complexity index is 195. The van der Waals surface area contributed by atoms with E-state index in [-0.39, 0.29) is 0 Å². The predicted octanol–water partition coefficient (Wildman–Crippen LogP) is 1.41. The minimum absolute atomic E-state index is 0.440. The molecule has 0 aromatic carbocycles. The fraction of sp³-hybridized carbons (Fsp3) is 0.909. The van der Waals surface area contributed by atoms with Crippen molar-refractivity contribution in [1.29, 1.82) is 0 Å². The van der Waals surface area contributed by atoms with E-state index in [4.69, 9.17) is 0 Å². The largest absolute Gasteiger partial charge is 0.339 e. The lowest BCUT2D eigenvalue weighted by Crippen LogP contribution is -2.39. The molecule has 0 spiro atoms. The highest BCUT2D eigenvalue weighted by Gasteiger charge is 2.29. The van der Waals surface area contributed by atoms with Crippen molar-refractivity contribution in [3.63, 3.8) is 0 Å². The minimum Gasteiger partial charge on any atom is -0.339 e. The molecule has 0 aromatic rings. The topological polar surface area (TPSA) is 20.3 Å². The van der Waals surface area contributed by atoms with Crippen LogP contribution in [0.25, 0.3) is 0 Å². The van der Waals surface area contributed by atoms with Crippen LogP contribution in [-0.2, 0) is 15.7 Å². The van der Waals surface area contributed by atoms with Crippen molar-refractivity contribution in [1.82, 2.24) is 4.90 Å². The van der Waals surface area contributed by atoms with Gasteiger partial charge < -0.3 is 4.90 Å². The first-order valence-corrected chi connectivity index (χ1v) is 7.51. The van der Waals surface area contributed by atoms with Gasteiger partial charge in [0.15, 0.2) is 5.75 Å². The van der Waals surface area contributed by atoms with Gasteiger partial charge in [-0.2, -0.15) is 0 Å². The van der Waals surface area contributed by atoms with Crippen LogP contribution in [0, 0.1) is 0 Å². The van der Waals surface area contributed by atoms with Crippen molar-refractivity contribution in [2.75, 3.05) is 30.3 Å². The van der Waals surface area contributed by atoms with E-state index >= 15 is 0 Å². The summed E-state index contributed by atoms with van der Waals surface area (Å²) in [6.45, 7) is 2.05. The number of carbonyl (C=O) groups excluding carboxylic acids is 1. The molecule has 14 heavy (non-hydrogen) atoms. The zero-order chi connectivity index (χ0) is 9.80. The predicted molar refractivity (Wildman–Crippen MR) is 61.6 cm³/mol. The molecule has 80 valence electrons. The molecule has 2 nitrogen and oxygen atoms in total. The summed E-state index contributed by atoms with van der Waals surface area (Å²) < 4.78 is 0. The van der Waals surface area contributed by atoms with E-state index in [9.17, 15) is 4.79 Å². The van der Waals surface area contributed by atoms with Crippen molar-refractivity contribution >= 4 is 16.8 Å². The van der Waals surface area contributed by atoms with Gasteiger partial charge in [-0.25, -0.2) is 0 Å². The number of hydrogen-bond donors (Lipinski definition) is 0. The molecule has 3 heteroatoms. The smallest absolute Gasteiger partial charge is 0.272 e. The van der Waals surface area contributed by atoms with Gasteiger partial charge in [0.25, 0.3) is 5.91 Å². The number of amides is 1.